The molecule has 11 heteroatoms. The Morgan fingerprint density at radius 1 is 1.12 bits per heavy atom. The van der Waals surface area contributed by atoms with Crippen molar-refractivity contribution in [2.24, 2.45) is 10.7 Å². The molecule has 34 heavy (non-hydrogen) atoms. The maximum absolute atomic E-state index is 14.5. The second-order valence-corrected chi connectivity index (χ2v) is 6.70. The average molecular weight is 468 g/mol. The summed E-state index contributed by atoms with van der Waals surface area (Å²) < 4.78 is 41.6. The van der Waals surface area contributed by atoms with Gasteiger partial charge in [0.15, 0.2) is 0 Å². The van der Waals surface area contributed by atoms with E-state index in [4.69, 9.17) is 11.1 Å². The number of carbonyl (C=O) groups is 1. The number of ketones is 1. The highest BCUT2D eigenvalue weighted by Gasteiger charge is 2.15. The highest BCUT2D eigenvalue weighted by molar-refractivity contribution is 6.70. The Morgan fingerprint density at radius 3 is 2.50 bits per heavy atom. The van der Waals surface area contributed by atoms with Gasteiger partial charge in [0.1, 0.15) is 11.5 Å². The third-order valence-corrected chi connectivity index (χ3v) is 4.44. The van der Waals surface area contributed by atoms with E-state index in [1.165, 1.54) is 18.2 Å². The molecule has 174 valence electrons. The Kier molecular flexibility index (Phi) is 7.60. The highest BCUT2D eigenvalue weighted by Crippen LogP contribution is 2.19. The zero-order chi connectivity index (χ0) is 24.7. The Morgan fingerprint density at radius 2 is 1.85 bits per heavy atom. The third-order valence-electron chi connectivity index (χ3n) is 4.44. The lowest BCUT2D eigenvalue weighted by atomic mass is 10.1. The van der Waals surface area contributed by atoms with Crippen molar-refractivity contribution >= 4 is 28.6 Å². The van der Waals surface area contributed by atoms with Gasteiger partial charge in [-0.05, 0) is 36.5 Å². The number of hydrogen-bond acceptors (Lipinski definition) is 6. The Labute approximate surface area is 191 Å². The number of benzene rings is 2. The van der Waals surface area contributed by atoms with E-state index in [0.29, 0.717) is 15.1 Å². The summed E-state index contributed by atoms with van der Waals surface area (Å²) in [5, 5.41) is 10.6. The van der Waals surface area contributed by atoms with Crippen LogP contribution in [0.15, 0.2) is 95.1 Å². The number of carbonyl (C=O) groups excluding carboxylic acids is 1. The number of alkyl halides is 2. The Balaban J connectivity index is 1.74. The number of rotatable bonds is 9. The molecular formula is C23H19F3N6O2. The summed E-state index contributed by atoms with van der Waals surface area (Å²) in [5.41, 5.74) is 4.58. The minimum Gasteiger partial charge on any atom is -0.405 e. The molecule has 0 aliphatic heterocycles. The number of para-hydroxylation sites is 1. The first kappa shape index (κ1) is 24.0. The van der Waals surface area contributed by atoms with Gasteiger partial charge < -0.3 is 11.1 Å². The molecule has 3 aromatic rings. The van der Waals surface area contributed by atoms with E-state index in [9.17, 15) is 22.8 Å². The summed E-state index contributed by atoms with van der Waals surface area (Å²) in [7, 11) is 0. The molecule has 0 bridgehead atoms. The molecule has 0 spiro atoms. The monoisotopic (exact) mass is 468 g/mol. The minimum absolute atomic E-state index is 0.0337. The predicted octanol–water partition coefficient (Wildman–Crippen LogP) is 3.93. The van der Waals surface area contributed by atoms with Gasteiger partial charge in [-0.15, -0.1) is 0 Å². The Hall–Kier alpha value is -4.67. The van der Waals surface area contributed by atoms with Crippen LogP contribution in [0.5, 0.6) is 0 Å². The lowest BCUT2D eigenvalue weighted by molar-refractivity contribution is -0.108. The van der Waals surface area contributed by atoms with Crippen LogP contribution >= 0.6 is 0 Å². The van der Waals surface area contributed by atoms with Crippen LogP contribution in [0.3, 0.4) is 0 Å². The number of nitrogens with zero attached hydrogens (tertiary/aromatic N) is 3. The molecule has 0 radical (unpaired) electrons. The first-order valence-electron chi connectivity index (χ1n) is 9.78. The molecule has 3 rings (SSSR count). The van der Waals surface area contributed by atoms with Gasteiger partial charge in [0, 0.05) is 30.6 Å². The largest absolute Gasteiger partial charge is 0.405 e. The van der Waals surface area contributed by atoms with E-state index >= 15 is 0 Å². The number of anilines is 1. The highest BCUT2D eigenvalue weighted by atomic mass is 19.3. The molecule has 0 saturated carbocycles. The normalized spacial score (nSPS) is 12.1. The summed E-state index contributed by atoms with van der Waals surface area (Å²) in [4.78, 5) is 28.4. The number of allylic oxidation sites excluding steroid dienone is 2. The topological polar surface area (TPSA) is 118 Å². The Bertz CT molecular complexity index is 1340. The van der Waals surface area contributed by atoms with Gasteiger partial charge in [0.25, 0.3) is 5.56 Å². The predicted molar refractivity (Wildman–Crippen MR) is 124 cm³/mol. The molecule has 0 aliphatic carbocycles. The number of halogens is 3. The van der Waals surface area contributed by atoms with Crippen molar-refractivity contribution in [2.75, 3.05) is 5.32 Å². The van der Waals surface area contributed by atoms with E-state index in [1.807, 2.05) is 0 Å². The summed E-state index contributed by atoms with van der Waals surface area (Å²) in [5.74, 6) is -1.57. The van der Waals surface area contributed by atoms with E-state index in [0.717, 1.165) is 36.8 Å². The summed E-state index contributed by atoms with van der Waals surface area (Å²) >= 11 is 0. The first-order chi connectivity index (χ1) is 16.3. The van der Waals surface area contributed by atoms with Crippen LogP contribution in [0.1, 0.15) is 6.55 Å². The molecule has 0 unspecified atom stereocenters. The van der Waals surface area contributed by atoms with E-state index in [2.05, 4.69) is 10.3 Å². The third kappa shape index (κ3) is 5.57. The lowest BCUT2D eigenvalue weighted by Crippen LogP contribution is -2.21. The lowest BCUT2D eigenvalue weighted by Gasteiger charge is -2.12. The quantitative estimate of drug-likeness (QED) is 0.326. The van der Waals surface area contributed by atoms with Crippen LogP contribution in [0.4, 0.5) is 24.5 Å². The van der Waals surface area contributed by atoms with Crippen molar-refractivity contribution in [1.82, 2.24) is 9.36 Å². The van der Waals surface area contributed by atoms with Crippen molar-refractivity contribution in [3.63, 3.8) is 0 Å². The molecule has 8 nitrogen and oxygen atoms in total. The van der Waals surface area contributed by atoms with Crippen LogP contribution in [0.2, 0.25) is 0 Å². The van der Waals surface area contributed by atoms with E-state index < -0.39 is 29.4 Å². The average Bonchev–Trinajstić information content (AvgIpc) is 3.21. The maximum Gasteiger partial charge on any atom is 0.332 e. The van der Waals surface area contributed by atoms with Gasteiger partial charge in [-0.3, -0.25) is 15.0 Å². The zero-order valence-electron chi connectivity index (χ0n) is 17.5. The molecule has 4 N–H and O–H groups in total. The molecule has 0 atom stereocenters. The smallest absolute Gasteiger partial charge is 0.332 e. The molecule has 0 amide bonds. The second-order valence-electron chi connectivity index (χ2n) is 6.70. The van der Waals surface area contributed by atoms with Gasteiger partial charge >= 0.3 is 6.55 Å². The van der Waals surface area contributed by atoms with Gasteiger partial charge in [0.2, 0.25) is 5.78 Å². The molecule has 0 saturated heterocycles. The van der Waals surface area contributed by atoms with Crippen LogP contribution in [0, 0.1) is 11.2 Å². The zero-order valence-corrected chi connectivity index (χ0v) is 17.5. The fraction of sp³-hybridized carbons (Fsp3) is 0.0435. The van der Waals surface area contributed by atoms with Gasteiger partial charge in [0.05, 0.1) is 22.8 Å². The van der Waals surface area contributed by atoms with Crippen molar-refractivity contribution in [1.29, 1.82) is 5.41 Å². The number of hydrogen-bond donors (Lipinski definition) is 3. The maximum atomic E-state index is 14.5. The standard InChI is InChI=1S/C23H19F3N6O2/c24-17-14-16(32-21(34)10-13-31(32)23(25)26)6-7-18(17)29-12-9-20(33)22(28)19(8-11-27)30-15-4-2-1-3-5-15/h1-14,23,28-29H,27H2/b11-8?,12-9-,28-22?,30-19?. The van der Waals surface area contributed by atoms with Crippen LogP contribution in [-0.2, 0) is 4.79 Å². The summed E-state index contributed by atoms with van der Waals surface area (Å²) in [6, 6.07) is 13.0. The van der Waals surface area contributed by atoms with Crippen LogP contribution < -0.4 is 16.6 Å². The van der Waals surface area contributed by atoms with E-state index in [1.54, 1.807) is 30.3 Å². The van der Waals surface area contributed by atoms with Gasteiger partial charge in [-0.25, -0.2) is 18.7 Å². The first-order valence-corrected chi connectivity index (χ1v) is 9.78. The fourth-order valence-electron chi connectivity index (χ4n) is 2.88. The molecule has 0 aliphatic rings. The fourth-order valence-corrected chi connectivity index (χ4v) is 2.88. The van der Waals surface area contributed by atoms with Crippen LogP contribution in [-0.4, -0.2) is 26.6 Å². The van der Waals surface area contributed by atoms with Crippen molar-refractivity contribution in [3.8, 4) is 5.69 Å². The number of aliphatic imine (C=N–C) groups is 1. The molecule has 1 heterocycles. The number of aromatic nitrogens is 2. The number of nitrogens with two attached hydrogens (primary N) is 1. The SMILES string of the molecule is N=C(C(=O)/C=C\Nc1ccc(-n2c(=O)ccn2C(F)F)cc1F)C(C=CN)=Nc1ccccc1. The van der Waals surface area contributed by atoms with Gasteiger partial charge in [-0.2, -0.15) is 8.78 Å². The molecular weight excluding hydrogens is 449 g/mol. The second kappa shape index (κ2) is 10.8. The number of nitrogens with one attached hydrogen (secondary N) is 2. The van der Waals surface area contributed by atoms with Crippen LogP contribution in [0.25, 0.3) is 5.69 Å². The molecule has 2 aromatic carbocycles. The summed E-state index contributed by atoms with van der Waals surface area (Å²) in [6.07, 6.45) is 5.49. The minimum atomic E-state index is -2.99. The van der Waals surface area contributed by atoms with Crippen molar-refractivity contribution in [3.05, 3.63) is 102 Å². The van der Waals surface area contributed by atoms with Crippen molar-refractivity contribution < 1.29 is 18.0 Å². The van der Waals surface area contributed by atoms with E-state index in [-0.39, 0.29) is 17.1 Å². The van der Waals surface area contributed by atoms with Crippen molar-refractivity contribution in [2.45, 2.75) is 6.55 Å². The van der Waals surface area contributed by atoms with Gasteiger partial charge in [-0.1, -0.05) is 18.2 Å². The molecule has 1 aromatic heterocycles. The molecule has 0 fully saturated rings. The summed E-state index contributed by atoms with van der Waals surface area (Å²) in [6.45, 7) is -2.99.